The van der Waals surface area contributed by atoms with Gasteiger partial charge in [-0.05, 0) is 13.3 Å². The van der Waals surface area contributed by atoms with Gasteiger partial charge in [-0.3, -0.25) is 14.9 Å². The van der Waals surface area contributed by atoms with Crippen molar-refractivity contribution >= 4 is 11.9 Å². The number of aliphatic carboxylic acids is 1. The van der Waals surface area contributed by atoms with E-state index in [9.17, 15) is 9.59 Å². The van der Waals surface area contributed by atoms with E-state index in [2.05, 4.69) is 10.1 Å². The summed E-state index contributed by atoms with van der Waals surface area (Å²) in [5, 5.41) is 11.6. The molecule has 0 bridgehead atoms. The van der Waals surface area contributed by atoms with Gasteiger partial charge < -0.3 is 9.84 Å². The number of nitrogens with one attached hydrogen (secondary N) is 1. The van der Waals surface area contributed by atoms with Gasteiger partial charge in [0, 0.05) is 0 Å². The van der Waals surface area contributed by atoms with Gasteiger partial charge in [0.15, 0.2) is 0 Å². The van der Waals surface area contributed by atoms with Gasteiger partial charge in [-0.2, -0.15) is 0 Å². The van der Waals surface area contributed by atoms with E-state index in [1.54, 1.807) is 6.92 Å². The van der Waals surface area contributed by atoms with Crippen molar-refractivity contribution in [2.24, 2.45) is 0 Å². The molecule has 0 saturated heterocycles. The molecule has 0 aliphatic carbocycles. The van der Waals surface area contributed by atoms with Crippen molar-refractivity contribution in [2.75, 3.05) is 7.11 Å². The zero-order valence-electron chi connectivity index (χ0n) is 9.45. The van der Waals surface area contributed by atoms with Crippen LogP contribution < -0.4 is 5.32 Å². The summed E-state index contributed by atoms with van der Waals surface area (Å²) in [7, 11) is 1.28. The minimum absolute atomic E-state index is 0.447. The number of methoxy groups -OCH3 is 1. The third-order valence-corrected chi connectivity index (χ3v) is 2.15. The van der Waals surface area contributed by atoms with Crippen LogP contribution in [0, 0.1) is 0 Å². The highest BCUT2D eigenvalue weighted by atomic mass is 16.5. The molecule has 2 unspecified atom stereocenters. The minimum atomic E-state index is -0.931. The van der Waals surface area contributed by atoms with Crippen LogP contribution in [-0.4, -0.2) is 36.2 Å². The van der Waals surface area contributed by atoms with E-state index in [1.807, 2.05) is 6.92 Å². The summed E-state index contributed by atoms with van der Waals surface area (Å²) in [5.41, 5.74) is 0. The predicted octanol–water partition coefficient (Wildman–Crippen LogP) is 0.781. The molecule has 5 nitrogen and oxygen atoms in total. The Kier molecular flexibility index (Phi) is 6.70. The van der Waals surface area contributed by atoms with Crippen LogP contribution in [0.5, 0.6) is 0 Å². The summed E-state index contributed by atoms with van der Waals surface area (Å²) < 4.78 is 4.50. The van der Waals surface area contributed by atoms with Crippen molar-refractivity contribution in [3.63, 3.8) is 0 Å². The lowest BCUT2D eigenvalue weighted by Gasteiger charge is -2.18. The van der Waals surface area contributed by atoms with Gasteiger partial charge in [0.1, 0.15) is 12.1 Å². The van der Waals surface area contributed by atoms with Crippen LogP contribution in [0.1, 0.15) is 33.1 Å². The van der Waals surface area contributed by atoms with Crippen LogP contribution in [-0.2, 0) is 14.3 Å². The molecule has 0 saturated carbocycles. The summed E-state index contributed by atoms with van der Waals surface area (Å²) in [6, 6.07) is -1.27. The molecule has 88 valence electrons. The molecule has 0 aromatic heterocycles. The molecule has 0 aromatic carbocycles. The number of esters is 1. The third kappa shape index (κ3) is 5.37. The fraction of sp³-hybridized carbons (Fsp3) is 0.800. The van der Waals surface area contributed by atoms with Crippen molar-refractivity contribution in [1.29, 1.82) is 0 Å². The summed E-state index contributed by atoms with van der Waals surface area (Å²) >= 11 is 0. The first-order chi connectivity index (χ1) is 7.02. The minimum Gasteiger partial charge on any atom is -0.480 e. The second kappa shape index (κ2) is 7.23. The lowest BCUT2D eigenvalue weighted by molar-refractivity contribution is -0.144. The van der Waals surface area contributed by atoms with E-state index in [0.717, 1.165) is 12.8 Å². The van der Waals surface area contributed by atoms with Gasteiger partial charge in [0.25, 0.3) is 0 Å². The molecule has 0 radical (unpaired) electrons. The Morgan fingerprint density at radius 1 is 1.47 bits per heavy atom. The average molecular weight is 217 g/mol. The lowest BCUT2D eigenvalue weighted by atomic mass is 10.1. The number of carboxylic acid groups (broad SMARTS) is 1. The Labute approximate surface area is 89.8 Å². The molecule has 0 aliphatic heterocycles. The monoisotopic (exact) mass is 217 g/mol. The first-order valence-electron chi connectivity index (χ1n) is 5.09. The Hall–Kier alpha value is -1.10. The largest absolute Gasteiger partial charge is 0.480 e. The van der Waals surface area contributed by atoms with Gasteiger partial charge in [-0.15, -0.1) is 0 Å². The van der Waals surface area contributed by atoms with Gasteiger partial charge in [-0.1, -0.05) is 19.8 Å². The van der Waals surface area contributed by atoms with E-state index >= 15 is 0 Å². The SMILES string of the molecule is CCCCC(NC(C)C(=O)OC)C(=O)O. The first-order valence-corrected chi connectivity index (χ1v) is 5.09. The fourth-order valence-electron chi connectivity index (χ4n) is 1.23. The standard InChI is InChI=1S/C10H19NO4/c1-4-5-6-8(9(12)13)11-7(2)10(14)15-3/h7-8,11H,4-6H2,1-3H3,(H,12,13). The molecule has 0 fully saturated rings. The maximum Gasteiger partial charge on any atom is 0.322 e. The number of hydrogen-bond acceptors (Lipinski definition) is 4. The summed E-state index contributed by atoms with van der Waals surface area (Å²) in [6.45, 7) is 3.58. The van der Waals surface area contributed by atoms with Crippen molar-refractivity contribution in [2.45, 2.75) is 45.2 Å². The van der Waals surface area contributed by atoms with E-state index in [4.69, 9.17) is 5.11 Å². The van der Waals surface area contributed by atoms with E-state index in [-0.39, 0.29) is 0 Å². The summed E-state index contributed by atoms with van der Waals surface area (Å²) in [5.74, 6) is -1.38. The van der Waals surface area contributed by atoms with Crippen LogP contribution in [0.25, 0.3) is 0 Å². The van der Waals surface area contributed by atoms with E-state index in [0.29, 0.717) is 6.42 Å². The first kappa shape index (κ1) is 13.9. The number of carbonyl (C=O) groups excluding carboxylic acids is 1. The maximum absolute atomic E-state index is 11.1. The van der Waals surface area contributed by atoms with Crippen LogP contribution in [0.3, 0.4) is 0 Å². The number of unbranched alkanes of at least 4 members (excludes halogenated alkanes) is 1. The number of hydrogen-bond donors (Lipinski definition) is 2. The number of carbonyl (C=O) groups is 2. The fourth-order valence-corrected chi connectivity index (χ4v) is 1.23. The highest BCUT2D eigenvalue weighted by molar-refractivity contribution is 5.78. The molecular formula is C10H19NO4. The number of carboxylic acids is 1. The third-order valence-electron chi connectivity index (χ3n) is 2.15. The molecule has 0 spiro atoms. The highest BCUT2D eigenvalue weighted by Gasteiger charge is 2.22. The molecule has 0 rings (SSSR count). The van der Waals surface area contributed by atoms with E-state index in [1.165, 1.54) is 7.11 Å². The number of rotatable bonds is 7. The summed E-state index contributed by atoms with van der Waals surface area (Å²) in [4.78, 5) is 21.9. The second-order valence-corrected chi connectivity index (χ2v) is 3.44. The van der Waals surface area contributed by atoms with Crippen molar-refractivity contribution in [3.05, 3.63) is 0 Å². The molecular weight excluding hydrogens is 198 g/mol. The molecule has 2 N–H and O–H groups in total. The molecule has 2 atom stereocenters. The molecule has 0 aliphatic rings. The van der Waals surface area contributed by atoms with Gasteiger partial charge in [0.05, 0.1) is 7.11 Å². The number of ether oxygens (including phenoxy) is 1. The van der Waals surface area contributed by atoms with Gasteiger partial charge in [-0.25, -0.2) is 0 Å². The molecule has 0 heterocycles. The maximum atomic E-state index is 11.1. The Morgan fingerprint density at radius 2 is 2.07 bits per heavy atom. The van der Waals surface area contributed by atoms with Crippen LogP contribution in [0.2, 0.25) is 0 Å². The molecule has 0 aromatic rings. The molecule has 15 heavy (non-hydrogen) atoms. The van der Waals surface area contributed by atoms with Crippen molar-refractivity contribution in [3.8, 4) is 0 Å². The molecule has 0 amide bonds. The average Bonchev–Trinajstić information content (AvgIpc) is 2.22. The zero-order chi connectivity index (χ0) is 11.8. The lowest BCUT2D eigenvalue weighted by Crippen LogP contribution is -2.46. The summed E-state index contributed by atoms with van der Waals surface area (Å²) in [6.07, 6.45) is 2.27. The van der Waals surface area contributed by atoms with Gasteiger partial charge >= 0.3 is 11.9 Å². The highest BCUT2D eigenvalue weighted by Crippen LogP contribution is 2.02. The smallest absolute Gasteiger partial charge is 0.322 e. The topological polar surface area (TPSA) is 75.6 Å². The van der Waals surface area contributed by atoms with Crippen molar-refractivity contribution < 1.29 is 19.4 Å². The zero-order valence-corrected chi connectivity index (χ0v) is 9.45. The Morgan fingerprint density at radius 3 is 2.47 bits per heavy atom. The van der Waals surface area contributed by atoms with Crippen LogP contribution >= 0.6 is 0 Å². The Balaban J connectivity index is 4.15. The van der Waals surface area contributed by atoms with E-state index < -0.39 is 24.0 Å². The van der Waals surface area contributed by atoms with Crippen LogP contribution in [0.15, 0.2) is 0 Å². The quantitative estimate of drug-likeness (QED) is 0.616. The Bertz CT molecular complexity index is 217. The van der Waals surface area contributed by atoms with Crippen LogP contribution in [0.4, 0.5) is 0 Å². The molecule has 5 heteroatoms. The normalized spacial score (nSPS) is 14.3. The van der Waals surface area contributed by atoms with Gasteiger partial charge in [0.2, 0.25) is 0 Å². The second-order valence-electron chi connectivity index (χ2n) is 3.44. The van der Waals surface area contributed by atoms with Crippen molar-refractivity contribution in [1.82, 2.24) is 5.32 Å². The predicted molar refractivity (Wildman–Crippen MR) is 55.6 cm³/mol.